The molecule has 0 amide bonds. The Labute approximate surface area is 119 Å². The lowest BCUT2D eigenvalue weighted by Gasteiger charge is -2.41. The van der Waals surface area contributed by atoms with E-state index in [1.54, 1.807) is 6.07 Å². The van der Waals surface area contributed by atoms with Gasteiger partial charge in [-0.1, -0.05) is 18.6 Å². The minimum absolute atomic E-state index is 0.275. The molecule has 0 saturated carbocycles. The van der Waals surface area contributed by atoms with Crippen LogP contribution in [0.1, 0.15) is 37.7 Å². The van der Waals surface area contributed by atoms with E-state index in [-0.39, 0.29) is 11.6 Å². The molecule has 20 heavy (non-hydrogen) atoms. The Morgan fingerprint density at radius 2 is 2.00 bits per heavy atom. The maximum Gasteiger partial charge on any atom is 0.165 e. The molecule has 0 radical (unpaired) electrons. The van der Waals surface area contributed by atoms with E-state index in [0.29, 0.717) is 18.6 Å². The summed E-state index contributed by atoms with van der Waals surface area (Å²) in [4.78, 5) is 2.23. The molecule has 0 aromatic heterocycles. The molecule has 1 aromatic carbocycles. The summed E-state index contributed by atoms with van der Waals surface area (Å²) >= 11 is 0. The van der Waals surface area contributed by atoms with Gasteiger partial charge in [0.25, 0.3) is 0 Å². The number of nitrogens with zero attached hydrogens (tertiary/aromatic N) is 2. The predicted octanol–water partition coefficient (Wildman–Crippen LogP) is 3.20. The Kier molecular flexibility index (Phi) is 3.62. The fraction of sp³-hybridized carbons (Fsp3) is 0.562. The van der Waals surface area contributed by atoms with Crippen LogP contribution in [0.5, 0.6) is 5.75 Å². The fourth-order valence-electron chi connectivity index (χ4n) is 3.41. The molecule has 2 heterocycles. The zero-order valence-electron chi connectivity index (χ0n) is 11.6. The quantitative estimate of drug-likeness (QED) is 0.789. The van der Waals surface area contributed by atoms with E-state index in [1.807, 2.05) is 6.07 Å². The molecule has 0 N–H and O–H groups in total. The van der Waals surface area contributed by atoms with Crippen molar-refractivity contribution < 1.29 is 9.13 Å². The molecule has 4 heteroatoms. The van der Waals surface area contributed by atoms with Gasteiger partial charge in [-0.15, -0.1) is 0 Å². The summed E-state index contributed by atoms with van der Waals surface area (Å²) in [7, 11) is 0. The number of piperidine rings is 1. The number of halogens is 1. The first-order chi connectivity index (χ1) is 9.78. The summed E-state index contributed by atoms with van der Waals surface area (Å²) in [6, 6.07) is 7.42. The maximum absolute atomic E-state index is 14.0. The molecule has 3 rings (SSSR count). The van der Waals surface area contributed by atoms with Gasteiger partial charge in [-0.3, -0.25) is 4.90 Å². The van der Waals surface area contributed by atoms with Crippen molar-refractivity contribution in [2.24, 2.45) is 0 Å². The van der Waals surface area contributed by atoms with Crippen LogP contribution in [0.25, 0.3) is 0 Å². The largest absolute Gasteiger partial charge is 0.490 e. The molecule has 1 saturated heterocycles. The minimum Gasteiger partial charge on any atom is -0.490 e. The Balaban J connectivity index is 2.11. The van der Waals surface area contributed by atoms with Crippen LogP contribution < -0.4 is 4.74 Å². The van der Waals surface area contributed by atoms with Crippen LogP contribution in [0, 0.1) is 17.1 Å². The summed E-state index contributed by atoms with van der Waals surface area (Å²) in [5, 5.41) is 9.89. The van der Waals surface area contributed by atoms with Gasteiger partial charge in [0.1, 0.15) is 5.54 Å². The number of likely N-dealkylation sites (tertiary alicyclic amines) is 1. The topological polar surface area (TPSA) is 36.3 Å². The third-order valence-electron chi connectivity index (χ3n) is 4.42. The Hall–Kier alpha value is -1.60. The van der Waals surface area contributed by atoms with E-state index in [9.17, 15) is 9.65 Å². The van der Waals surface area contributed by atoms with E-state index in [2.05, 4.69) is 11.0 Å². The van der Waals surface area contributed by atoms with Gasteiger partial charge in [0.05, 0.1) is 12.7 Å². The van der Waals surface area contributed by atoms with E-state index >= 15 is 0 Å². The second-order valence-electron chi connectivity index (χ2n) is 5.59. The number of para-hydroxylation sites is 1. The van der Waals surface area contributed by atoms with Crippen molar-refractivity contribution in [3.63, 3.8) is 0 Å². The smallest absolute Gasteiger partial charge is 0.165 e. The molecule has 1 unspecified atom stereocenters. The van der Waals surface area contributed by atoms with Gasteiger partial charge in [0, 0.05) is 5.56 Å². The molecule has 2 aliphatic rings. The lowest BCUT2D eigenvalue weighted by atomic mass is 9.83. The minimum atomic E-state index is -0.728. The number of rotatable bonds is 1. The summed E-state index contributed by atoms with van der Waals surface area (Å²) in [6.07, 6.45) is 4.91. The second-order valence-corrected chi connectivity index (χ2v) is 5.59. The van der Waals surface area contributed by atoms with Crippen LogP contribution in [0.3, 0.4) is 0 Å². The Morgan fingerprint density at radius 1 is 1.20 bits per heavy atom. The van der Waals surface area contributed by atoms with Crippen molar-refractivity contribution in [3.8, 4) is 11.8 Å². The van der Waals surface area contributed by atoms with Crippen molar-refractivity contribution in [2.75, 3.05) is 19.7 Å². The van der Waals surface area contributed by atoms with Crippen molar-refractivity contribution in [3.05, 3.63) is 29.6 Å². The van der Waals surface area contributed by atoms with Crippen LogP contribution >= 0.6 is 0 Å². The van der Waals surface area contributed by atoms with Crippen molar-refractivity contribution in [2.45, 2.75) is 37.6 Å². The molecule has 0 spiro atoms. The number of hydrogen-bond donors (Lipinski definition) is 0. The highest BCUT2D eigenvalue weighted by Gasteiger charge is 2.43. The monoisotopic (exact) mass is 274 g/mol. The van der Waals surface area contributed by atoms with E-state index in [1.165, 1.54) is 12.5 Å². The molecule has 0 aliphatic carbocycles. The zero-order chi connectivity index (χ0) is 14.0. The van der Waals surface area contributed by atoms with Crippen LogP contribution in [0.15, 0.2) is 18.2 Å². The number of nitriles is 1. The van der Waals surface area contributed by atoms with Gasteiger partial charge in [-0.05, 0) is 44.8 Å². The highest BCUT2D eigenvalue weighted by atomic mass is 19.1. The van der Waals surface area contributed by atoms with Crippen LogP contribution in [-0.2, 0) is 5.54 Å². The third-order valence-corrected chi connectivity index (χ3v) is 4.42. The average Bonchev–Trinajstić information content (AvgIpc) is 2.69. The van der Waals surface area contributed by atoms with Crippen molar-refractivity contribution in [1.82, 2.24) is 4.90 Å². The lowest BCUT2D eigenvalue weighted by molar-refractivity contribution is 0.101. The highest BCUT2D eigenvalue weighted by Crippen LogP contribution is 2.42. The average molecular weight is 274 g/mol. The van der Waals surface area contributed by atoms with Crippen LogP contribution in [-0.4, -0.2) is 24.6 Å². The first-order valence-electron chi connectivity index (χ1n) is 7.36. The van der Waals surface area contributed by atoms with Crippen LogP contribution in [0.2, 0.25) is 0 Å². The number of benzene rings is 1. The molecular formula is C16H19FN2O. The Morgan fingerprint density at radius 3 is 2.75 bits per heavy atom. The maximum atomic E-state index is 14.0. The third kappa shape index (κ3) is 2.06. The molecule has 2 aliphatic heterocycles. The SMILES string of the molecule is N#CC1(N2CCCCC2)CCCOc2c(F)cccc21. The first-order valence-corrected chi connectivity index (χ1v) is 7.36. The zero-order valence-corrected chi connectivity index (χ0v) is 11.6. The standard InChI is InChI=1S/C16H19FN2O/c17-14-7-4-6-13-15(14)20-11-5-8-16(13,12-18)19-9-2-1-3-10-19/h4,6-7H,1-3,5,8-11H2. The van der Waals surface area contributed by atoms with E-state index in [0.717, 1.165) is 32.4 Å². The second kappa shape index (κ2) is 5.41. The highest BCUT2D eigenvalue weighted by molar-refractivity contribution is 5.45. The van der Waals surface area contributed by atoms with Gasteiger partial charge in [-0.25, -0.2) is 4.39 Å². The van der Waals surface area contributed by atoms with Crippen LogP contribution in [0.4, 0.5) is 4.39 Å². The molecule has 1 fully saturated rings. The molecular weight excluding hydrogens is 255 g/mol. The van der Waals surface area contributed by atoms with E-state index < -0.39 is 5.54 Å². The molecule has 1 aromatic rings. The Bertz CT molecular complexity index is 534. The van der Waals surface area contributed by atoms with Gasteiger partial charge < -0.3 is 4.74 Å². The van der Waals surface area contributed by atoms with Gasteiger partial charge in [-0.2, -0.15) is 5.26 Å². The summed E-state index contributed by atoms with van der Waals surface area (Å²) in [5.41, 5.74) is -0.0200. The van der Waals surface area contributed by atoms with Gasteiger partial charge in [0.2, 0.25) is 0 Å². The summed E-state index contributed by atoms with van der Waals surface area (Å²) in [5.74, 6) is -0.0850. The first kappa shape index (κ1) is 13.4. The molecule has 0 bridgehead atoms. The number of hydrogen-bond acceptors (Lipinski definition) is 3. The number of fused-ring (bicyclic) bond motifs is 1. The molecule has 106 valence electrons. The van der Waals surface area contributed by atoms with Crippen molar-refractivity contribution in [1.29, 1.82) is 5.26 Å². The fourth-order valence-corrected chi connectivity index (χ4v) is 3.41. The lowest BCUT2D eigenvalue weighted by Crippen LogP contribution is -2.47. The number of ether oxygens (including phenoxy) is 1. The normalized spacial score (nSPS) is 27.0. The summed E-state index contributed by atoms with van der Waals surface area (Å²) in [6.45, 7) is 2.29. The summed E-state index contributed by atoms with van der Waals surface area (Å²) < 4.78 is 19.6. The van der Waals surface area contributed by atoms with Gasteiger partial charge in [0.15, 0.2) is 11.6 Å². The molecule has 3 nitrogen and oxygen atoms in total. The predicted molar refractivity (Wildman–Crippen MR) is 73.8 cm³/mol. The van der Waals surface area contributed by atoms with Crippen molar-refractivity contribution >= 4 is 0 Å². The van der Waals surface area contributed by atoms with E-state index in [4.69, 9.17) is 4.74 Å². The van der Waals surface area contributed by atoms with Gasteiger partial charge >= 0.3 is 0 Å². The molecule has 1 atom stereocenters.